The minimum absolute atomic E-state index is 0.0248. The van der Waals surface area contributed by atoms with Gasteiger partial charge in [-0.25, -0.2) is 4.79 Å². The quantitative estimate of drug-likeness (QED) is 0.625. The maximum absolute atomic E-state index is 12.0. The first-order valence-corrected chi connectivity index (χ1v) is 6.96. The van der Waals surface area contributed by atoms with Crippen LogP contribution in [0.4, 0.5) is 0 Å². The number of esters is 1. The van der Waals surface area contributed by atoms with Crippen LogP contribution in [0.3, 0.4) is 0 Å². The summed E-state index contributed by atoms with van der Waals surface area (Å²) in [6.45, 7) is 1.98. The molecule has 1 aromatic carbocycles. The first-order chi connectivity index (χ1) is 9.10. The molecule has 0 aromatic heterocycles. The van der Waals surface area contributed by atoms with Gasteiger partial charge in [-0.1, -0.05) is 29.8 Å². The minimum atomic E-state index is -0.462. The lowest BCUT2D eigenvalue weighted by molar-refractivity contribution is -0.141. The summed E-state index contributed by atoms with van der Waals surface area (Å²) >= 11 is 1.45. The summed E-state index contributed by atoms with van der Waals surface area (Å²) in [5, 5.41) is 0.709. The van der Waals surface area contributed by atoms with Gasteiger partial charge in [0, 0.05) is 11.3 Å². The van der Waals surface area contributed by atoms with Gasteiger partial charge in [0.25, 0.3) is 0 Å². The summed E-state index contributed by atoms with van der Waals surface area (Å²) in [4.78, 5) is 27.6. The van der Waals surface area contributed by atoms with E-state index in [-0.39, 0.29) is 18.2 Å². The van der Waals surface area contributed by atoms with Gasteiger partial charge in [0.05, 0.1) is 18.6 Å². The first-order valence-electron chi connectivity index (χ1n) is 5.97. The number of Topliss-reactive ketones (excluding diaryl/α,β-unsaturated/α-hetero) is 1. The van der Waals surface area contributed by atoms with Gasteiger partial charge < -0.3 is 4.74 Å². The van der Waals surface area contributed by atoms with E-state index in [0.717, 1.165) is 5.56 Å². The number of methoxy groups -OCH3 is 1. The zero-order valence-electron chi connectivity index (χ0n) is 10.9. The summed E-state index contributed by atoms with van der Waals surface area (Å²) in [5.41, 5.74) is 1.80. The molecule has 1 aliphatic rings. The number of rotatable bonds is 4. The summed E-state index contributed by atoms with van der Waals surface area (Å²) in [6.07, 6.45) is 0.251. The molecule has 1 unspecified atom stereocenters. The van der Waals surface area contributed by atoms with Crippen LogP contribution < -0.4 is 0 Å². The average molecular weight is 277 g/mol. The van der Waals surface area contributed by atoms with Gasteiger partial charge in [-0.15, -0.1) is 11.8 Å². The van der Waals surface area contributed by atoms with E-state index in [2.05, 4.69) is 9.73 Å². The topological polar surface area (TPSA) is 55.7 Å². The predicted molar refractivity (Wildman–Crippen MR) is 75.8 cm³/mol. The number of nitrogens with zero attached hydrogens (tertiary/aromatic N) is 1. The van der Waals surface area contributed by atoms with Crippen LogP contribution in [0.2, 0.25) is 0 Å². The molecular weight excluding hydrogens is 262 g/mol. The van der Waals surface area contributed by atoms with Crippen LogP contribution in [0.15, 0.2) is 29.3 Å². The highest BCUT2D eigenvalue weighted by Gasteiger charge is 2.26. The zero-order chi connectivity index (χ0) is 13.8. The van der Waals surface area contributed by atoms with Gasteiger partial charge in [0.1, 0.15) is 0 Å². The van der Waals surface area contributed by atoms with Gasteiger partial charge in [-0.3, -0.25) is 9.79 Å². The molecule has 0 aliphatic carbocycles. The normalized spacial score (nSPS) is 18.0. The van der Waals surface area contributed by atoms with Crippen molar-refractivity contribution in [3.05, 3.63) is 35.4 Å². The summed E-state index contributed by atoms with van der Waals surface area (Å²) in [5.74, 6) is 0.241. The fourth-order valence-electron chi connectivity index (χ4n) is 1.76. The van der Waals surface area contributed by atoms with E-state index in [4.69, 9.17) is 0 Å². The van der Waals surface area contributed by atoms with Gasteiger partial charge in [-0.05, 0) is 6.92 Å². The Balaban J connectivity index is 2.00. The van der Waals surface area contributed by atoms with Gasteiger partial charge in [-0.2, -0.15) is 0 Å². The van der Waals surface area contributed by atoms with Crippen molar-refractivity contribution in [2.24, 2.45) is 4.99 Å². The Hall–Kier alpha value is -1.62. The zero-order valence-corrected chi connectivity index (χ0v) is 11.7. The number of benzene rings is 1. The third kappa shape index (κ3) is 3.44. The Morgan fingerprint density at radius 3 is 2.68 bits per heavy atom. The number of ketones is 1. The van der Waals surface area contributed by atoms with Crippen LogP contribution in [0.5, 0.6) is 0 Å². The molecule has 0 saturated carbocycles. The average Bonchev–Trinajstić information content (AvgIpc) is 2.87. The third-order valence-electron chi connectivity index (χ3n) is 2.87. The van der Waals surface area contributed by atoms with E-state index in [9.17, 15) is 9.59 Å². The smallest absolute Gasteiger partial charge is 0.331 e. The Morgan fingerprint density at radius 2 is 2.05 bits per heavy atom. The molecule has 0 spiro atoms. The van der Waals surface area contributed by atoms with Crippen molar-refractivity contribution < 1.29 is 14.3 Å². The van der Waals surface area contributed by atoms with Gasteiger partial charge >= 0.3 is 5.97 Å². The molecule has 0 bridgehead atoms. The van der Waals surface area contributed by atoms with Crippen molar-refractivity contribution in [1.82, 2.24) is 0 Å². The standard InChI is InChI=1S/C14H15NO3S/c1-9-3-5-10(6-4-9)12(16)7-13-15-11(8-19-13)14(17)18-2/h3-6,11H,7-8H2,1-2H3. The highest BCUT2D eigenvalue weighted by molar-refractivity contribution is 8.14. The second-order valence-electron chi connectivity index (χ2n) is 4.34. The number of carbonyl (C=O) groups excluding carboxylic acids is 2. The molecule has 0 saturated heterocycles. The predicted octanol–water partition coefficient (Wildman–Crippen LogP) is 2.25. The number of hydrogen-bond donors (Lipinski definition) is 0. The molecule has 19 heavy (non-hydrogen) atoms. The Bertz CT molecular complexity index is 522. The van der Waals surface area contributed by atoms with Crippen LogP contribution >= 0.6 is 11.8 Å². The molecule has 0 N–H and O–H groups in total. The molecule has 5 heteroatoms. The summed E-state index contributed by atoms with van der Waals surface area (Å²) in [7, 11) is 1.35. The lowest BCUT2D eigenvalue weighted by Gasteiger charge is -2.01. The second kappa shape index (κ2) is 6.02. The van der Waals surface area contributed by atoms with Crippen LogP contribution in [-0.2, 0) is 9.53 Å². The summed E-state index contributed by atoms with van der Waals surface area (Å²) in [6, 6.07) is 6.99. The van der Waals surface area contributed by atoms with Crippen molar-refractivity contribution >= 4 is 28.6 Å². The van der Waals surface area contributed by atoms with E-state index in [1.165, 1.54) is 18.9 Å². The molecule has 0 fully saturated rings. The van der Waals surface area contributed by atoms with Gasteiger partial charge in [0.2, 0.25) is 0 Å². The highest BCUT2D eigenvalue weighted by atomic mass is 32.2. The molecule has 4 nitrogen and oxygen atoms in total. The van der Waals surface area contributed by atoms with Crippen molar-refractivity contribution in [2.75, 3.05) is 12.9 Å². The number of ether oxygens (including phenoxy) is 1. The van der Waals surface area contributed by atoms with E-state index in [1.807, 2.05) is 31.2 Å². The number of aryl methyl sites for hydroxylation is 1. The molecule has 1 aliphatic heterocycles. The van der Waals surface area contributed by atoms with Crippen molar-refractivity contribution in [3.63, 3.8) is 0 Å². The molecular formula is C14H15NO3S. The Morgan fingerprint density at radius 1 is 1.37 bits per heavy atom. The molecule has 1 aromatic rings. The first kappa shape index (κ1) is 13.8. The Kier molecular flexibility index (Phi) is 4.37. The van der Waals surface area contributed by atoms with E-state index < -0.39 is 6.04 Å². The lowest BCUT2D eigenvalue weighted by atomic mass is 10.1. The number of thioether (sulfide) groups is 1. The highest BCUT2D eigenvalue weighted by Crippen LogP contribution is 2.22. The fraction of sp³-hybridized carbons (Fsp3) is 0.357. The van der Waals surface area contributed by atoms with E-state index >= 15 is 0 Å². The maximum Gasteiger partial charge on any atom is 0.331 e. The number of carbonyl (C=O) groups is 2. The van der Waals surface area contributed by atoms with Crippen molar-refractivity contribution in [2.45, 2.75) is 19.4 Å². The van der Waals surface area contributed by atoms with Gasteiger partial charge in [0.15, 0.2) is 11.8 Å². The fourth-order valence-corrected chi connectivity index (χ4v) is 2.75. The molecule has 2 rings (SSSR count). The molecule has 0 radical (unpaired) electrons. The Labute approximate surface area is 116 Å². The lowest BCUT2D eigenvalue weighted by Crippen LogP contribution is -2.19. The maximum atomic E-state index is 12.0. The van der Waals surface area contributed by atoms with E-state index in [0.29, 0.717) is 16.4 Å². The largest absolute Gasteiger partial charge is 0.467 e. The molecule has 1 atom stereocenters. The van der Waals surface area contributed by atoms with Crippen molar-refractivity contribution in [1.29, 1.82) is 0 Å². The number of hydrogen-bond acceptors (Lipinski definition) is 5. The van der Waals surface area contributed by atoms with Crippen LogP contribution in [0.1, 0.15) is 22.3 Å². The van der Waals surface area contributed by atoms with Crippen LogP contribution in [-0.4, -0.2) is 35.7 Å². The summed E-state index contributed by atoms with van der Waals surface area (Å²) < 4.78 is 4.64. The number of aliphatic imine (C=N–C) groups is 1. The van der Waals surface area contributed by atoms with Crippen LogP contribution in [0, 0.1) is 6.92 Å². The second-order valence-corrected chi connectivity index (χ2v) is 5.43. The molecule has 1 heterocycles. The van der Waals surface area contributed by atoms with Crippen LogP contribution in [0.25, 0.3) is 0 Å². The molecule has 100 valence electrons. The molecule has 0 amide bonds. The van der Waals surface area contributed by atoms with E-state index in [1.54, 1.807) is 0 Å². The van der Waals surface area contributed by atoms with Crippen molar-refractivity contribution in [3.8, 4) is 0 Å². The SMILES string of the molecule is COC(=O)C1CSC(CC(=O)c2ccc(C)cc2)=N1. The minimum Gasteiger partial charge on any atom is -0.467 e. The third-order valence-corrected chi connectivity index (χ3v) is 3.93. The monoisotopic (exact) mass is 277 g/mol.